The minimum atomic E-state index is -3.44. The maximum absolute atomic E-state index is 12.7. The summed E-state index contributed by atoms with van der Waals surface area (Å²) in [5.74, 6) is 0.474. The zero-order valence-electron chi connectivity index (χ0n) is 22.2. The molecule has 0 bridgehead atoms. The number of piperidine rings is 1. The fraction of sp³-hybridized carbons (Fsp3) is 0.310. The van der Waals surface area contributed by atoms with E-state index in [1.807, 2.05) is 43.3 Å². The number of carbonyl (C=O) groups excluding carboxylic acids is 1. The van der Waals surface area contributed by atoms with Gasteiger partial charge in [-0.25, -0.2) is 18.4 Å². The number of sulfone groups is 1. The third-order valence-electron chi connectivity index (χ3n) is 7.07. The van der Waals surface area contributed by atoms with Crippen LogP contribution >= 0.6 is 0 Å². The lowest BCUT2D eigenvalue weighted by molar-refractivity contribution is 0.0350. The number of hydrogen-bond acceptors (Lipinski definition) is 8. The Bertz CT molecular complexity index is 1660. The molecule has 0 saturated carbocycles. The van der Waals surface area contributed by atoms with Crippen molar-refractivity contribution in [2.24, 2.45) is 0 Å². The van der Waals surface area contributed by atoms with E-state index in [-0.39, 0.29) is 22.9 Å². The molecule has 5 rings (SSSR count). The molecule has 1 aromatic carbocycles. The second-order valence-corrected chi connectivity index (χ2v) is 12.3. The summed E-state index contributed by atoms with van der Waals surface area (Å²) in [6.07, 6.45) is 4.23. The highest BCUT2D eigenvalue weighted by atomic mass is 32.2. The summed E-state index contributed by atoms with van der Waals surface area (Å²) in [6, 6.07) is 16.2. The van der Waals surface area contributed by atoms with Gasteiger partial charge in [0.25, 0.3) is 5.91 Å². The fourth-order valence-corrected chi connectivity index (χ4v) is 5.66. The van der Waals surface area contributed by atoms with Crippen LogP contribution in [0, 0.1) is 6.92 Å². The summed E-state index contributed by atoms with van der Waals surface area (Å²) in [5.41, 5.74) is 3.06. The number of aryl methyl sites for hydroxylation is 1. The SMILES string of the molecule is Cc1ccc(C(=O)NCc2cc3nc(-c4cccc(N5CCC(C)(O)CC5)n4)ccc3cn2)cc1S(C)(=O)=O. The van der Waals surface area contributed by atoms with Crippen LogP contribution in [0.5, 0.6) is 0 Å². The van der Waals surface area contributed by atoms with Gasteiger partial charge in [0.1, 0.15) is 5.82 Å². The summed E-state index contributed by atoms with van der Waals surface area (Å²) in [4.78, 5) is 29.1. The molecule has 0 atom stereocenters. The molecule has 0 radical (unpaired) electrons. The molecule has 3 aromatic heterocycles. The zero-order valence-corrected chi connectivity index (χ0v) is 23.0. The molecule has 9 nitrogen and oxygen atoms in total. The number of aliphatic hydroxyl groups is 1. The van der Waals surface area contributed by atoms with Crippen LogP contribution in [0.1, 0.15) is 41.4 Å². The number of benzene rings is 1. The molecule has 1 aliphatic heterocycles. The van der Waals surface area contributed by atoms with Gasteiger partial charge in [-0.2, -0.15) is 0 Å². The third kappa shape index (κ3) is 6.07. The van der Waals surface area contributed by atoms with Gasteiger partial charge < -0.3 is 15.3 Å². The molecule has 1 aliphatic rings. The Morgan fingerprint density at radius 2 is 1.79 bits per heavy atom. The van der Waals surface area contributed by atoms with Crippen LogP contribution in [-0.4, -0.2) is 59.3 Å². The molecule has 2 N–H and O–H groups in total. The molecule has 0 aliphatic carbocycles. The second-order valence-electron chi connectivity index (χ2n) is 10.4. The first-order chi connectivity index (χ1) is 18.5. The molecule has 0 spiro atoms. The second kappa shape index (κ2) is 10.3. The van der Waals surface area contributed by atoms with Gasteiger partial charge in [0.15, 0.2) is 9.84 Å². The minimum Gasteiger partial charge on any atom is -0.390 e. The van der Waals surface area contributed by atoms with Crippen LogP contribution in [0.25, 0.3) is 22.3 Å². The standard InChI is InChI=1S/C29H31N5O4S/c1-19-7-8-20(15-26(19)39(3,37)38)28(35)31-18-22-16-25-21(17-30-22)9-10-24(32-25)23-5-4-6-27(33-23)34-13-11-29(2,36)12-14-34/h4-10,15-17,36H,11-14,18H2,1-3H3,(H,31,35). The van der Waals surface area contributed by atoms with E-state index in [9.17, 15) is 18.3 Å². The van der Waals surface area contributed by atoms with Crippen molar-refractivity contribution < 1.29 is 18.3 Å². The number of hydrogen-bond donors (Lipinski definition) is 2. The van der Waals surface area contributed by atoms with Gasteiger partial charge in [-0.1, -0.05) is 12.1 Å². The number of fused-ring (bicyclic) bond motifs is 1. The smallest absolute Gasteiger partial charge is 0.251 e. The molecule has 0 unspecified atom stereocenters. The Morgan fingerprint density at radius 1 is 1.05 bits per heavy atom. The molecular formula is C29H31N5O4S. The molecule has 1 amide bonds. The number of nitrogens with zero attached hydrogens (tertiary/aromatic N) is 4. The number of pyridine rings is 3. The quantitative estimate of drug-likeness (QED) is 0.376. The largest absolute Gasteiger partial charge is 0.390 e. The van der Waals surface area contributed by atoms with Crippen molar-refractivity contribution in [3.05, 3.63) is 77.6 Å². The lowest BCUT2D eigenvalue weighted by Gasteiger charge is -2.36. The van der Waals surface area contributed by atoms with E-state index in [4.69, 9.17) is 9.97 Å². The van der Waals surface area contributed by atoms with E-state index >= 15 is 0 Å². The monoisotopic (exact) mass is 545 g/mol. The van der Waals surface area contributed by atoms with E-state index in [0.29, 0.717) is 24.1 Å². The molecule has 1 fully saturated rings. The van der Waals surface area contributed by atoms with Crippen molar-refractivity contribution in [3.8, 4) is 11.4 Å². The Morgan fingerprint density at radius 3 is 2.54 bits per heavy atom. The van der Waals surface area contributed by atoms with Crippen molar-refractivity contribution in [2.45, 2.75) is 43.7 Å². The van der Waals surface area contributed by atoms with Crippen LogP contribution < -0.4 is 10.2 Å². The molecule has 4 aromatic rings. The summed E-state index contributed by atoms with van der Waals surface area (Å²) >= 11 is 0. The van der Waals surface area contributed by atoms with E-state index in [1.54, 1.807) is 25.3 Å². The minimum absolute atomic E-state index is 0.139. The zero-order chi connectivity index (χ0) is 27.8. The highest BCUT2D eigenvalue weighted by molar-refractivity contribution is 7.90. The number of aromatic nitrogens is 3. The Kier molecular flexibility index (Phi) is 7.09. The van der Waals surface area contributed by atoms with Gasteiger partial charge in [-0.05, 0) is 74.7 Å². The predicted octanol–water partition coefficient (Wildman–Crippen LogP) is 3.68. The summed E-state index contributed by atoms with van der Waals surface area (Å²) in [7, 11) is -3.44. The van der Waals surface area contributed by atoms with E-state index < -0.39 is 15.4 Å². The Hall–Kier alpha value is -3.89. The molecular weight excluding hydrogens is 514 g/mol. The summed E-state index contributed by atoms with van der Waals surface area (Å²) < 4.78 is 24.0. The third-order valence-corrected chi connectivity index (χ3v) is 8.31. The van der Waals surface area contributed by atoms with Crippen molar-refractivity contribution in [2.75, 3.05) is 24.2 Å². The highest BCUT2D eigenvalue weighted by Crippen LogP contribution is 2.27. The molecule has 4 heterocycles. The van der Waals surface area contributed by atoms with Crippen LogP contribution in [0.15, 0.2) is 65.7 Å². The first kappa shape index (κ1) is 26.7. The lowest BCUT2D eigenvalue weighted by atomic mass is 9.94. The van der Waals surface area contributed by atoms with Gasteiger partial charge in [0.2, 0.25) is 0 Å². The van der Waals surface area contributed by atoms with Crippen LogP contribution in [0.4, 0.5) is 5.82 Å². The summed E-state index contributed by atoms with van der Waals surface area (Å²) in [6.45, 7) is 5.22. The number of rotatable bonds is 6. The average Bonchev–Trinajstić information content (AvgIpc) is 2.91. The first-order valence-electron chi connectivity index (χ1n) is 12.8. The molecule has 1 saturated heterocycles. The lowest BCUT2D eigenvalue weighted by Crippen LogP contribution is -2.42. The van der Waals surface area contributed by atoms with Gasteiger partial charge in [-0.3, -0.25) is 9.78 Å². The van der Waals surface area contributed by atoms with Crippen LogP contribution in [0.3, 0.4) is 0 Å². The number of carbonyl (C=O) groups is 1. The van der Waals surface area contributed by atoms with Gasteiger partial charge >= 0.3 is 0 Å². The number of anilines is 1. The fourth-order valence-electron chi connectivity index (χ4n) is 4.67. The Labute approximate surface area is 227 Å². The highest BCUT2D eigenvalue weighted by Gasteiger charge is 2.28. The van der Waals surface area contributed by atoms with Gasteiger partial charge in [0, 0.05) is 36.5 Å². The average molecular weight is 546 g/mol. The molecule has 10 heteroatoms. The molecule has 39 heavy (non-hydrogen) atoms. The predicted molar refractivity (Wildman–Crippen MR) is 150 cm³/mol. The maximum atomic E-state index is 12.7. The molecule has 202 valence electrons. The van der Waals surface area contributed by atoms with E-state index in [2.05, 4.69) is 15.2 Å². The number of nitrogens with one attached hydrogen (secondary N) is 1. The normalized spacial score (nSPS) is 15.3. The van der Waals surface area contributed by atoms with Crippen molar-refractivity contribution >= 4 is 32.5 Å². The van der Waals surface area contributed by atoms with Crippen LogP contribution in [0.2, 0.25) is 0 Å². The van der Waals surface area contributed by atoms with Crippen molar-refractivity contribution in [1.82, 2.24) is 20.3 Å². The van der Waals surface area contributed by atoms with Crippen LogP contribution in [-0.2, 0) is 16.4 Å². The maximum Gasteiger partial charge on any atom is 0.251 e. The first-order valence-corrected chi connectivity index (χ1v) is 14.7. The number of amides is 1. The van der Waals surface area contributed by atoms with Crippen molar-refractivity contribution in [1.29, 1.82) is 0 Å². The Balaban J connectivity index is 1.33. The summed E-state index contributed by atoms with van der Waals surface area (Å²) in [5, 5.41) is 13.9. The van der Waals surface area contributed by atoms with Crippen molar-refractivity contribution in [3.63, 3.8) is 0 Å². The van der Waals surface area contributed by atoms with E-state index in [0.717, 1.165) is 47.5 Å². The topological polar surface area (TPSA) is 125 Å². The van der Waals surface area contributed by atoms with Gasteiger partial charge in [-0.15, -0.1) is 0 Å². The van der Waals surface area contributed by atoms with E-state index in [1.165, 1.54) is 6.07 Å². The van der Waals surface area contributed by atoms with Gasteiger partial charge in [0.05, 0.1) is 39.6 Å².